The van der Waals surface area contributed by atoms with Crippen molar-refractivity contribution in [2.45, 2.75) is 19.3 Å². The maximum absolute atomic E-state index is 11.1. The lowest BCUT2D eigenvalue weighted by Gasteiger charge is -2.12. The molecule has 0 aliphatic rings. The first kappa shape index (κ1) is 13.5. The van der Waals surface area contributed by atoms with Crippen LogP contribution in [0, 0.1) is 0 Å². The number of carbonyl (C=O) groups excluding carboxylic acids is 1. The van der Waals surface area contributed by atoms with Gasteiger partial charge in [-0.3, -0.25) is 0 Å². The van der Waals surface area contributed by atoms with Crippen molar-refractivity contribution in [2.24, 2.45) is 0 Å². The molecule has 0 radical (unpaired) electrons. The zero-order valence-electron chi connectivity index (χ0n) is 10.1. The van der Waals surface area contributed by atoms with Gasteiger partial charge < -0.3 is 15.2 Å². The van der Waals surface area contributed by atoms with Crippen molar-refractivity contribution >= 4 is 6.09 Å². The fourth-order valence-electron chi connectivity index (χ4n) is 1.53. The molecular formula is C13H19NO3. The third kappa shape index (κ3) is 5.36. The molecule has 0 saturated heterocycles. The highest BCUT2D eigenvalue weighted by Gasteiger charge is 2.06. The monoisotopic (exact) mass is 237 g/mol. The second kappa shape index (κ2) is 7.68. The van der Waals surface area contributed by atoms with Gasteiger partial charge in [-0.1, -0.05) is 37.3 Å². The number of carbonyl (C=O) groups is 1. The van der Waals surface area contributed by atoms with Crippen LogP contribution in [0.4, 0.5) is 4.79 Å². The second-order valence-corrected chi connectivity index (χ2v) is 3.89. The van der Waals surface area contributed by atoms with E-state index >= 15 is 0 Å². The van der Waals surface area contributed by atoms with Gasteiger partial charge in [-0.25, -0.2) is 4.79 Å². The number of benzene rings is 1. The minimum Gasteiger partial charge on any atom is -0.447 e. The van der Waals surface area contributed by atoms with Crippen LogP contribution >= 0.6 is 0 Å². The summed E-state index contributed by atoms with van der Waals surface area (Å²) in [6, 6.07) is 10.2. The highest BCUT2D eigenvalue weighted by molar-refractivity contribution is 5.67. The van der Waals surface area contributed by atoms with Gasteiger partial charge in [0.1, 0.15) is 6.61 Å². The molecular weight excluding hydrogens is 218 g/mol. The molecule has 4 nitrogen and oxygen atoms in total. The Kier molecular flexibility index (Phi) is 6.10. The smallest absolute Gasteiger partial charge is 0.407 e. The van der Waals surface area contributed by atoms with Crippen LogP contribution in [0.1, 0.15) is 24.8 Å². The fourth-order valence-corrected chi connectivity index (χ4v) is 1.53. The molecule has 1 aromatic carbocycles. The van der Waals surface area contributed by atoms with Crippen LogP contribution in [-0.2, 0) is 4.74 Å². The highest BCUT2D eigenvalue weighted by atomic mass is 16.6. The largest absolute Gasteiger partial charge is 0.447 e. The van der Waals surface area contributed by atoms with E-state index in [4.69, 9.17) is 5.11 Å². The number of aliphatic hydroxyl groups excluding tert-OH is 1. The molecule has 17 heavy (non-hydrogen) atoms. The Hall–Kier alpha value is -1.55. The number of amides is 1. The molecule has 1 amide bonds. The van der Waals surface area contributed by atoms with Crippen LogP contribution < -0.4 is 5.32 Å². The summed E-state index contributed by atoms with van der Waals surface area (Å²) in [6.07, 6.45) is 0.387. The van der Waals surface area contributed by atoms with Crippen molar-refractivity contribution in [3.8, 4) is 0 Å². The van der Waals surface area contributed by atoms with E-state index in [2.05, 4.69) is 29.1 Å². The molecule has 1 aromatic rings. The predicted molar refractivity (Wildman–Crippen MR) is 65.9 cm³/mol. The van der Waals surface area contributed by atoms with E-state index in [0.29, 0.717) is 12.5 Å². The van der Waals surface area contributed by atoms with E-state index < -0.39 is 6.09 Å². The molecule has 2 N–H and O–H groups in total. The molecule has 0 fully saturated rings. The molecule has 1 rings (SSSR count). The maximum atomic E-state index is 11.1. The van der Waals surface area contributed by atoms with Crippen LogP contribution in [0.5, 0.6) is 0 Å². The van der Waals surface area contributed by atoms with E-state index in [-0.39, 0.29) is 13.2 Å². The molecule has 0 aliphatic carbocycles. The standard InChI is InChI=1S/C13H19NO3/c1-11(12-5-3-2-4-6-12)7-8-14-13(16)17-10-9-15/h2-6,11,15H,7-10H2,1H3,(H,14,16). The van der Waals surface area contributed by atoms with Gasteiger partial charge >= 0.3 is 6.09 Å². The molecule has 0 aliphatic heterocycles. The SMILES string of the molecule is CC(CCNC(=O)OCCO)c1ccccc1. The topological polar surface area (TPSA) is 58.6 Å². The third-order valence-corrected chi connectivity index (χ3v) is 2.54. The van der Waals surface area contributed by atoms with E-state index in [9.17, 15) is 4.79 Å². The van der Waals surface area contributed by atoms with Gasteiger partial charge in [-0.05, 0) is 17.9 Å². The number of ether oxygens (including phenoxy) is 1. The second-order valence-electron chi connectivity index (χ2n) is 3.89. The van der Waals surface area contributed by atoms with Crippen LogP contribution in [0.2, 0.25) is 0 Å². The Bertz CT molecular complexity index is 327. The first-order valence-electron chi connectivity index (χ1n) is 5.80. The molecule has 0 spiro atoms. The molecule has 94 valence electrons. The molecule has 0 saturated carbocycles. The number of hydrogen-bond acceptors (Lipinski definition) is 3. The number of aliphatic hydroxyl groups is 1. The van der Waals surface area contributed by atoms with Crippen LogP contribution in [-0.4, -0.2) is 31.0 Å². The number of hydrogen-bond donors (Lipinski definition) is 2. The summed E-state index contributed by atoms with van der Waals surface area (Å²) >= 11 is 0. The van der Waals surface area contributed by atoms with Gasteiger partial charge in [0, 0.05) is 6.54 Å². The predicted octanol–water partition coefficient (Wildman–Crippen LogP) is 1.90. The van der Waals surface area contributed by atoms with E-state index in [0.717, 1.165) is 6.42 Å². The average Bonchev–Trinajstić information content (AvgIpc) is 2.37. The lowest BCUT2D eigenvalue weighted by Crippen LogP contribution is -2.27. The van der Waals surface area contributed by atoms with Gasteiger partial charge in [0.15, 0.2) is 0 Å². The summed E-state index contributed by atoms with van der Waals surface area (Å²) in [5.74, 6) is 0.398. The molecule has 0 aromatic heterocycles. The van der Waals surface area contributed by atoms with Gasteiger partial charge in [0.25, 0.3) is 0 Å². The van der Waals surface area contributed by atoms with Gasteiger partial charge in [0.05, 0.1) is 6.61 Å². The number of rotatable bonds is 6. The number of nitrogens with one attached hydrogen (secondary N) is 1. The first-order valence-corrected chi connectivity index (χ1v) is 5.80. The Morgan fingerprint density at radius 2 is 2.12 bits per heavy atom. The van der Waals surface area contributed by atoms with Crippen molar-refractivity contribution in [1.29, 1.82) is 0 Å². The van der Waals surface area contributed by atoms with Crippen LogP contribution in [0.15, 0.2) is 30.3 Å². The minimum absolute atomic E-state index is 0.0417. The Labute approximate surface area is 102 Å². The average molecular weight is 237 g/mol. The summed E-state index contributed by atoms with van der Waals surface area (Å²) in [6.45, 7) is 2.59. The summed E-state index contributed by atoms with van der Waals surface area (Å²) in [5, 5.41) is 11.1. The van der Waals surface area contributed by atoms with E-state index in [1.165, 1.54) is 5.56 Å². The maximum Gasteiger partial charge on any atom is 0.407 e. The Morgan fingerprint density at radius 3 is 2.76 bits per heavy atom. The highest BCUT2D eigenvalue weighted by Crippen LogP contribution is 2.17. The zero-order chi connectivity index (χ0) is 12.5. The molecule has 0 heterocycles. The normalized spacial score (nSPS) is 11.9. The first-order chi connectivity index (χ1) is 8.24. The van der Waals surface area contributed by atoms with Crippen molar-refractivity contribution in [2.75, 3.05) is 19.8 Å². The summed E-state index contributed by atoms with van der Waals surface area (Å²) in [4.78, 5) is 11.1. The summed E-state index contributed by atoms with van der Waals surface area (Å²) in [5.41, 5.74) is 1.26. The van der Waals surface area contributed by atoms with Gasteiger partial charge in [-0.15, -0.1) is 0 Å². The molecule has 1 atom stereocenters. The molecule has 4 heteroatoms. The van der Waals surface area contributed by atoms with E-state index in [1.54, 1.807) is 0 Å². The van der Waals surface area contributed by atoms with Crippen LogP contribution in [0.3, 0.4) is 0 Å². The Balaban J connectivity index is 2.20. The summed E-state index contributed by atoms with van der Waals surface area (Å²) in [7, 11) is 0. The molecule has 0 bridgehead atoms. The summed E-state index contributed by atoms with van der Waals surface area (Å²) < 4.78 is 4.68. The fraction of sp³-hybridized carbons (Fsp3) is 0.462. The lowest BCUT2D eigenvalue weighted by atomic mass is 9.98. The Morgan fingerprint density at radius 1 is 1.41 bits per heavy atom. The van der Waals surface area contributed by atoms with Gasteiger partial charge in [-0.2, -0.15) is 0 Å². The quantitative estimate of drug-likeness (QED) is 0.794. The van der Waals surface area contributed by atoms with Crippen molar-refractivity contribution < 1.29 is 14.6 Å². The van der Waals surface area contributed by atoms with Crippen molar-refractivity contribution in [3.63, 3.8) is 0 Å². The van der Waals surface area contributed by atoms with E-state index in [1.807, 2.05) is 18.2 Å². The molecule has 1 unspecified atom stereocenters. The zero-order valence-corrected chi connectivity index (χ0v) is 10.1. The lowest BCUT2D eigenvalue weighted by molar-refractivity contribution is 0.119. The van der Waals surface area contributed by atoms with Crippen molar-refractivity contribution in [1.82, 2.24) is 5.32 Å². The minimum atomic E-state index is -0.473. The van der Waals surface area contributed by atoms with Gasteiger partial charge in [0.2, 0.25) is 0 Å². The number of alkyl carbamates (subject to hydrolysis) is 1. The van der Waals surface area contributed by atoms with Crippen LogP contribution in [0.25, 0.3) is 0 Å². The third-order valence-electron chi connectivity index (χ3n) is 2.54. The van der Waals surface area contributed by atoms with Crippen molar-refractivity contribution in [3.05, 3.63) is 35.9 Å².